The van der Waals surface area contributed by atoms with Crippen LogP contribution in [0.5, 0.6) is 17.2 Å². The Morgan fingerprint density at radius 3 is 1.29 bits per heavy atom. The zero-order valence-electron chi connectivity index (χ0n) is 37.0. The highest BCUT2D eigenvalue weighted by Gasteiger charge is 2.34. The molecule has 0 aliphatic carbocycles. The lowest BCUT2D eigenvalue weighted by atomic mass is 10.2. The minimum Gasteiger partial charge on any atom is -0.484 e. The summed E-state index contributed by atoms with van der Waals surface area (Å²) in [5, 5.41) is 33.1. The van der Waals surface area contributed by atoms with Crippen LogP contribution >= 0.6 is 23.2 Å². The normalized spacial score (nSPS) is 9.64. The van der Waals surface area contributed by atoms with Crippen molar-refractivity contribution in [3.8, 4) is 28.6 Å². The van der Waals surface area contributed by atoms with Crippen molar-refractivity contribution in [2.24, 2.45) is 0 Å². The van der Waals surface area contributed by atoms with Crippen molar-refractivity contribution in [1.82, 2.24) is 40.4 Å². The third-order valence-electron chi connectivity index (χ3n) is 8.07. The molecule has 2 aromatic heterocycles. The Hall–Kier alpha value is -9.11. The van der Waals surface area contributed by atoms with E-state index >= 15 is 0 Å². The summed E-state index contributed by atoms with van der Waals surface area (Å²) in [5.74, 6) is -1.25. The van der Waals surface area contributed by atoms with Crippen LogP contribution in [0.25, 0.3) is 11.4 Å². The van der Waals surface area contributed by atoms with Gasteiger partial charge in [0, 0.05) is 35.3 Å². The summed E-state index contributed by atoms with van der Waals surface area (Å²) >= 11 is 10.9. The van der Waals surface area contributed by atoms with Crippen molar-refractivity contribution in [3.63, 3.8) is 0 Å². The number of halogens is 8. The molecule has 426 valence electrons. The highest BCUT2D eigenvalue weighted by Crippen LogP contribution is 2.37. The van der Waals surface area contributed by atoms with Gasteiger partial charge in [0.2, 0.25) is 12.8 Å². The Balaban J connectivity index is -0.000000957. The molecular weight excluding hydrogens is 1090 g/mol. The molecule has 7 rings (SSSR count). The van der Waals surface area contributed by atoms with E-state index in [4.69, 9.17) is 59.1 Å². The summed E-state index contributed by atoms with van der Waals surface area (Å²) in [6.45, 7) is -1.08. The van der Waals surface area contributed by atoms with Crippen molar-refractivity contribution in [1.29, 1.82) is 0 Å². The summed E-state index contributed by atoms with van der Waals surface area (Å²) in [4.78, 5) is 50.9. The van der Waals surface area contributed by atoms with E-state index in [0.717, 1.165) is 35.6 Å². The van der Waals surface area contributed by atoms with E-state index in [9.17, 15) is 50.3 Å². The Kier molecular flexibility index (Phi) is 34.5. The van der Waals surface area contributed by atoms with Gasteiger partial charge in [0.1, 0.15) is 42.6 Å². The summed E-state index contributed by atoms with van der Waals surface area (Å²) in [5.41, 5.74) is 14.6. The van der Waals surface area contributed by atoms with Gasteiger partial charge >= 0.3 is 24.3 Å². The van der Waals surface area contributed by atoms with Crippen LogP contribution in [0.15, 0.2) is 135 Å². The third-order valence-corrected chi connectivity index (χ3v) is 8.73. The SMILES string of the molecule is C.C.C.C.C.Nc1ccc(Cl)c(C(F)(F)F)c1.Nc1cccc(OCC(=O)O)c1.O=C(COc1cccc(-n2cnnc2)c1)Nc1ccc(Cl)c(C(F)(F)F)c1.O=C(O)COc1cccc(-n2cnnc2)c1.O=CNNC=O. The molecular formula is C49H59Cl2F6N11O10. The molecule has 0 spiro atoms. The monoisotopic (exact) mass is 1150 g/mol. The highest BCUT2D eigenvalue weighted by atomic mass is 35.5. The van der Waals surface area contributed by atoms with Gasteiger partial charge in [-0.25, -0.2) is 9.59 Å². The maximum Gasteiger partial charge on any atom is 0.417 e. The van der Waals surface area contributed by atoms with Crippen LogP contribution in [0, 0.1) is 0 Å². The lowest BCUT2D eigenvalue weighted by Gasteiger charge is -2.12. The molecule has 5 aromatic carbocycles. The van der Waals surface area contributed by atoms with Gasteiger partial charge in [-0.1, -0.05) is 78.5 Å². The maximum atomic E-state index is 12.9. The quantitative estimate of drug-likeness (QED) is 0.0165. The van der Waals surface area contributed by atoms with Crippen LogP contribution in [-0.2, 0) is 36.3 Å². The molecule has 0 fully saturated rings. The Morgan fingerprint density at radius 1 is 0.538 bits per heavy atom. The molecule has 29 heteroatoms. The first-order valence-electron chi connectivity index (χ1n) is 19.8. The van der Waals surface area contributed by atoms with Crippen LogP contribution < -0.4 is 41.8 Å². The average Bonchev–Trinajstić information content (AvgIpc) is 4.10. The molecule has 3 amide bonds. The standard InChI is InChI=1S/C17H12ClF3N4O2.C10H9N3O3.C8H9NO3.C7H5ClF3N.C2H4N2O2.5CH4/c18-15-5-4-11(6-14(15)17(19,20)21)24-16(26)8-27-13-3-1-2-12(7-13)25-9-22-23-10-25;14-10(15)5-16-9-3-1-2-8(4-9)13-6-11-12-7-13;9-6-2-1-3-7(4-6)12-5-8(10)11;8-6-2-1-4(12)3-5(6)7(9,10)11;5-1-3-4-2-6;;;;;/h1-7,9-10H,8H2,(H,24,26);1-4,6-7H,5H2,(H,14,15);1-4H,5,9H2,(H,10,11);1-3H,12H2;1-2H,(H,3,5)(H,4,6);5*1H4. The predicted molar refractivity (Wildman–Crippen MR) is 283 cm³/mol. The highest BCUT2D eigenvalue weighted by molar-refractivity contribution is 6.31. The number of nitrogens with zero attached hydrogens (tertiary/aromatic N) is 6. The molecule has 78 heavy (non-hydrogen) atoms. The van der Waals surface area contributed by atoms with Crippen LogP contribution in [0.3, 0.4) is 0 Å². The van der Waals surface area contributed by atoms with Gasteiger partial charge in [-0.2, -0.15) is 26.3 Å². The second kappa shape index (κ2) is 36.8. The van der Waals surface area contributed by atoms with Gasteiger partial charge in [-0.05, 0) is 72.8 Å². The van der Waals surface area contributed by atoms with E-state index in [1.54, 1.807) is 88.5 Å². The number of hydrogen-bond donors (Lipinski definition) is 7. The summed E-state index contributed by atoms with van der Waals surface area (Å²) < 4.78 is 93.5. The number of nitrogens with two attached hydrogens (primary N) is 2. The van der Waals surface area contributed by atoms with Gasteiger partial charge in [0.15, 0.2) is 19.8 Å². The molecule has 0 unspecified atom stereocenters. The number of amides is 3. The number of benzene rings is 5. The van der Waals surface area contributed by atoms with Crippen LogP contribution in [0.1, 0.15) is 48.3 Å². The number of nitrogens with one attached hydrogen (secondary N) is 3. The van der Waals surface area contributed by atoms with Crippen molar-refractivity contribution < 1.29 is 74.7 Å². The summed E-state index contributed by atoms with van der Waals surface area (Å²) in [6, 6.07) is 26.8. The smallest absolute Gasteiger partial charge is 0.417 e. The number of carboxylic acids is 2. The number of hydrogen-bond acceptors (Lipinski definition) is 14. The lowest BCUT2D eigenvalue weighted by molar-refractivity contribution is -0.140. The van der Waals surface area contributed by atoms with Gasteiger partial charge in [0.05, 0.1) is 32.5 Å². The van der Waals surface area contributed by atoms with E-state index in [-0.39, 0.29) is 73.4 Å². The number of carboxylic acid groups (broad SMARTS) is 2. The molecule has 9 N–H and O–H groups in total. The number of carbonyl (C=O) groups excluding carboxylic acids is 3. The van der Waals surface area contributed by atoms with Gasteiger partial charge in [0.25, 0.3) is 5.91 Å². The van der Waals surface area contributed by atoms with Gasteiger partial charge in [-0.3, -0.25) is 34.4 Å². The Bertz CT molecular complexity index is 2860. The van der Waals surface area contributed by atoms with Gasteiger partial charge < -0.3 is 41.2 Å². The summed E-state index contributed by atoms with van der Waals surface area (Å²) in [6.07, 6.45) is -2.20. The van der Waals surface area contributed by atoms with Crippen LogP contribution in [0.4, 0.5) is 43.4 Å². The molecule has 0 atom stereocenters. The third kappa shape index (κ3) is 27.4. The zero-order valence-corrected chi connectivity index (χ0v) is 38.5. The first kappa shape index (κ1) is 73.1. The second-order valence-corrected chi connectivity index (χ2v) is 14.3. The number of aromatic nitrogens is 6. The Morgan fingerprint density at radius 2 is 0.910 bits per heavy atom. The molecule has 7 aromatic rings. The minimum absolute atomic E-state index is 0. The first-order chi connectivity index (χ1) is 34.6. The number of ether oxygens (including phenoxy) is 3. The number of alkyl halides is 6. The molecule has 0 saturated heterocycles. The number of nitrogen functional groups attached to an aromatic ring is 2. The fraction of sp³-hybridized carbons (Fsp3) is 0.204. The second-order valence-electron chi connectivity index (χ2n) is 13.5. The van der Waals surface area contributed by atoms with E-state index in [1.165, 1.54) is 24.8 Å². The van der Waals surface area contributed by atoms with Crippen molar-refractivity contribution in [3.05, 3.63) is 156 Å². The van der Waals surface area contributed by atoms with E-state index in [1.807, 2.05) is 16.9 Å². The van der Waals surface area contributed by atoms with Crippen molar-refractivity contribution in [2.45, 2.75) is 49.5 Å². The molecule has 0 saturated carbocycles. The van der Waals surface area contributed by atoms with Crippen LogP contribution in [0.2, 0.25) is 10.0 Å². The van der Waals surface area contributed by atoms with E-state index in [0.29, 0.717) is 35.8 Å². The maximum absolute atomic E-state index is 12.9. The van der Waals surface area contributed by atoms with Crippen LogP contribution in [-0.4, -0.2) is 90.2 Å². The van der Waals surface area contributed by atoms with E-state index < -0.39 is 46.3 Å². The predicted octanol–water partition coefficient (Wildman–Crippen LogP) is 9.93. The lowest BCUT2D eigenvalue weighted by Crippen LogP contribution is -2.28. The number of rotatable bonds is 15. The zero-order chi connectivity index (χ0) is 54.0. The minimum atomic E-state index is -4.61. The number of carbonyl (C=O) groups is 5. The Labute approximate surface area is 455 Å². The van der Waals surface area contributed by atoms with E-state index in [2.05, 4.69) is 25.7 Å². The first-order valence-corrected chi connectivity index (χ1v) is 20.6. The molecule has 0 aliphatic rings. The molecule has 0 radical (unpaired) electrons. The molecule has 21 nitrogen and oxygen atoms in total. The average molecular weight is 1150 g/mol. The fourth-order valence-electron chi connectivity index (χ4n) is 5.02. The molecule has 0 bridgehead atoms. The summed E-state index contributed by atoms with van der Waals surface area (Å²) in [7, 11) is 0. The molecule has 2 heterocycles. The number of hydrazine groups is 1. The van der Waals surface area contributed by atoms with Crippen molar-refractivity contribution in [2.75, 3.05) is 36.6 Å². The largest absolute Gasteiger partial charge is 0.484 e. The topological polar surface area (TPSA) is 303 Å². The van der Waals surface area contributed by atoms with Crippen molar-refractivity contribution >= 4 is 70.9 Å². The number of aliphatic carboxylic acids is 2. The molecule has 0 aliphatic heterocycles. The number of anilines is 3. The van der Waals surface area contributed by atoms with Gasteiger partial charge in [-0.15, -0.1) is 20.4 Å². The fourth-order valence-corrected chi connectivity index (χ4v) is 5.47.